The van der Waals surface area contributed by atoms with Crippen molar-refractivity contribution in [2.45, 2.75) is 19.5 Å². The van der Waals surface area contributed by atoms with Crippen LogP contribution in [0.25, 0.3) is 21.9 Å². The molecule has 194 valence electrons. The molecule has 0 amide bonds. The Kier molecular flexibility index (Phi) is 7.98. The molecular weight excluding hydrogens is 492 g/mol. The van der Waals surface area contributed by atoms with E-state index in [1.807, 2.05) is 36.4 Å². The number of carbonyl (C=O) groups excluding carboxylic acids is 2. The van der Waals surface area contributed by atoms with Gasteiger partial charge in [0.05, 0.1) is 0 Å². The van der Waals surface area contributed by atoms with Crippen LogP contribution in [0.1, 0.15) is 16.7 Å². The minimum absolute atomic E-state index is 0.250. The summed E-state index contributed by atoms with van der Waals surface area (Å²) < 4.78 is 23.5. The average molecular weight is 519 g/mol. The van der Waals surface area contributed by atoms with Crippen LogP contribution in [0.4, 0.5) is 0 Å². The Bertz CT molecular complexity index is 1580. The second-order valence-electron chi connectivity index (χ2n) is 8.90. The average Bonchev–Trinajstić information content (AvgIpc) is 3.39. The van der Waals surface area contributed by atoms with Crippen LogP contribution < -0.4 is 14.2 Å². The highest BCUT2D eigenvalue weighted by Crippen LogP contribution is 2.46. The molecule has 6 nitrogen and oxygen atoms in total. The van der Waals surface area contributed by atoms with E-state index < -0.39 is 6.48 Å². The lowest BCUT2D eigenvalue weighted by Crippen LogP contribution is -2.19. The van der Waals surface area contributed by atoms with Crippen molar-refractivity contribution < 1.29 is 28.5 Å². The molecule has 0 bridgehead atoms. The molecule has 1 atom stereocenters. The quantitative estimate of drug-likeness (QED) is 0.236. The molecule has 1 heterocycles. The Morgan fingerprint density at radius 2 is 1.26 bits per heavy atom. The van der Waals surface area contributed by atoms with Gasteiger partial charge in [-0.05, 0) is 57.8 Å². The number of fused-ring (bicyclic) bond motifs is 2. The summed E-state index contributed by atoms with van der Waals surface area (Å²) in [5.74, 6) is 2.12. The van der Waals surface area contributed by atoms with E-state index in [1.54, 1.807) is 7.11 Å². The summed E-state index contributed by atoms with van der Waals surface area (Å²) in [5, 5.41) is 2.03. The van der Waals surface area contributed by atoms with Crippen LogP contribution >= 0.6 is 0 Å². The van der Waals surface area contributed by atoms with Crippen molar-refractivity contribution in [1.29, 1.82) is 0 Å². The minimum Gasteiger partial charge on any atom is -0.488 e. The fraction of sp³-hybridized carbons (Fsp3) is 0.121. The molecule has 0 N–H and O–H groups in total. The molecule has 6 heteroatoms. The summed E-state index contributed by atoms with van der Waals surface area (Å²) in [4.78, 5) is 16.2. The second-order valence-corrected chi connectivity index (χ2v) is 8.90. The van der Waals surface area contributed by atoms with Gasteiger partial charge in [-0.15, -0.1) is 0 Å². The van der Waals surface area contributed by atoms with Crippen LogP contribution in [0.15, 0.2) is 109 Å². The Balaban J connectivity index is 0.000000983. The van der Waals surface area contributed by atoms with Crippen LogP contribution in [0.5, 0.6) is 17.2 Å². The van der Waals surface area contributed by atoms with Crippen molar-refractivity contribution in [3.05, 3.63) is 126 Å². The van der Waals surface area contributed by atoms with Gasteiger partial charge < -0.3 is 18.9 Å². The zero-order valence-corrected chi connectivity index (χ0v) is 21.3. The smallest absolute Gasteiger partial charge is 0.373 e. The molecule has 5 aromatic rings. The molecule has 0 radical (unpaired) electrons. The molecule has 0 aromatic heterocycles. The summed E-state index contributed by atoms with van der Waals surface area (Å²) in [6, 6.07) is 37.4. The predicted octanol–water partition coefficient (Wildman–Crippen LogP) is 6.79. The largest absolute Gasteiger partial charge is 0.488 e. The third kappa shape index (κ3) is 5.83. The van der Waals surface area contributed by atoms with Gasteiger partial charge in [0.15, 0.2) is 11.5 Å². The van der Waals surface area contributed by atoms with Crippen molar-refractivity contribution in [3.8, 4) is 28.4 Å². The first-order valence-electron chi connectivity index (χ1n) is 12.4. The highest BCUT2D eigenvalue weighted by atomic mass is 16.9. The number of hydrogen-bond donors (Lipinski definition) is 0. The number of rotatable bonds is 7. The molecule has 6 rings (SSSR count). The van der Waals surface area contributed by atoms with Gasteiger partial charge in [-0.3, -0.25) is 0 Å². The van der Waals surface area contributed by atoms with Gasteiger partial charge in [-0.1, -0.05) is 91.0 Å². The standard InChI is InChI=1S/C32H26O4.CO2/c1-33-32-35-29-19-26-27(20-30(29)36-32)31(24-15-9-4-10-16-24)25(17-22-11-5-2-6-12-22)18-28(26)34-21-23-13-7-3-8-14-23;2-1-3/h2-16,18-20,32H,17,21H2,1H3;. The molecule has 39 heavy (non-hydrogen) atoms. The molecule has 0 saturated carbocycles. The van der Waals surface area contributed by atoms with Gasteiger partial charge in [-0.2, -0.15) is 9.59 Å². The molecule has 5 aromatic carbocycles. The third-order valence-electron chi connectivity index (χ3n) is 6.42. The highest BCUT2D eigenvalue weighted by Gasteiger charge is 2.27. The van der Waals surface area contributed by atoms with E-state index in [0.717, 1.165) is 39.6 Å². The van der Waals surface area contributed by atoms with Gasteiger partial charge in [0.2, 0.25) is 0 Å². The molecule has 0 fully saturated rings. The Hall–Kier alpha value is -4.90. The predicted molar refractivity (Wildman–Crippen MR) is 146 cm³/mol. The van der Waals surface area contributed by atoms with Crippen LogP contribution in [0, 0.1) is 0 Å². The molecule has 1 aliphatic rings. The summed E-state index contributed by atoms with van der Waals surface area (Å²) in [5.41, 5.74) is 5.84. The summed E-state index contributed by atoms with van der Waals surface area (Å²) in [6.45, 7) is -0.282. The van der Waals surface area contributed by atoms with E-state index in [0.29, 0.717) is 18.1 Å². The minimum atomic E-state index is -0.755. The maximum absolute atomic E-state index is 8.12. The van der Waals surface area contributed by atoms with Gasteiger partial charge in [-0.25, -0.2) is 0 Å². The third-order valence-corrected chi connectivity index (χ3v) is 6.42. The van der Waals surface area contributed by atoms with Gasteiger partial charge in [0, 0.05) is 12.5 Å². The van der Waals surface area contributed by atoms with Crippen LogP contribution in [-0.2, 0) is 27.4 Å². The lowest BCUT2D eigenvalue weighted by Gasteiger charge is -2.19. The van der Waals surface area contributed by atoms with E-state index >= 15 is 0 Å². The van der Waals surface area contributed by atoms with Crippen LogP contribution in [0.2, 0.25) is 0 Å². The monoisotopic (exact) mass is 518 g/mol. The van der Waals surface area contributed by atoms with Crippen LogP contribution in [-0.4, -0.2) is 19.7 Å². The van der Waals surface area contributed by atoms with Crippen molar-refractivity contribution in [1.82, 2.24) is 0 Å². The lowest BCUT2D eigenvalue weighted by atomic mass is 9.89. The van der Waals surface area contributed by atoms with E-state index in [1.165, 1.54) is 11.1 Å². The molecule has 0 aliphatic carbocycles. The number of methoxy groups -OCH3 is 1. The zero-order chi connectivity index (χ0) is 27.0. The summed E-state index contributed by atoms with van der Waals surface area (Å²) in [6.07, 6.45) is 1.03. The topological polar surface area (TPSA) is 71.1 Å². The Morgan fingerprint density at radius 1 is 0.718 bits per heavy atom. The summed E-state index contributed by atoms with van der Waals surface area (Å²) >= 11 is 0. The lowest BCUT2D eigenvalue weighted by molar-refractivity contribution is -0.191. The molecule has 0 spiro atoms. The highest BCUT2D eigenvalue weighted by molar-refractivity contribution is 6.03. The summed E-state index contributed by atoms with van der Waals surface area (Å²) in [7, 11) is 1.57. The van der Waals surface area contributed by atoms with Gasteiger partial charge >= 0.3 is 12.6 Å². The fourth-order valence-corrected chi connectivity index (χ4v) is 4.72. The molecule has 0 saturated heterocycles. The maximum Gasteiger partial charge on any atom is 0.373 e. The Morgan fingerprint density at radius 3 is 1.85 bits per heavy atom. The zero-order valence-electron chi connectivity index (χ0n) is 21.3. The van der Waals surface area contributed by atoms with Crippen molar-refractivity contribution >= 4 is 16.9 Å². The van der Waals surface area contributed by atoms with E-state index in [-0.39, 0.29) is 6.15 Å². The van der Waals surface area contributed by atoms with E-state index in [4.69, 9.17) is 28.5 Å². The van der Waals surface area contributed by atoms with Gasteiger partial charge in [0.1, 0.15) is 12.4 Å². The van der Waals surface area contributed by atoms with Gasteiger partial charge in [0.25, 0.3) is 0 Å². The normalized spacial score (nSPS) is 13.3. The number of benzene rings is 5. The van der Waals surface area contributed by atoms with Crippen molar-refractivity contribution in [3.63, 3.8) is 0 Å². The number of ether oxygens (including phenoxy) is 4. The molecule has 1 aliphatic heterocycles. The second kappa shape index (κ2) is 12.1. The first-order valence-corrected chi connectivity index (χ1v) is 12.4. The first-order chi connectivity index (χ1) is 19.2. The SMILES string of the molecule is COC1Oc2cc3c(OCc4ccccc4)cc(Cc4ccccc4)c(-c4ccccc4)c3cc2O1.O=C=O. The fourth-order valence-electron chi connectivity index (χ4n) is 4.72. The molecule has 1 unspecified atom stereocenters. The van der Waals surface area contributed by atoms with E-state index in [9.17, 15) is 0 Å². The number of hydrogen-bond acceptors (Lipinski definition) is 6. The molecular formula is C33H26O6. The van der Waals surface area contributed by atoms with Crippen LogP contribution in [0.3, 0.4) is 0 Å². The first kappa shape index (κ1) is 25.7. The van der Waals surface area contributed by atoms with E-state index in [2.05, 4.69) is 72.8 Å². The van der Waals surface area contributed by atoms with Crippen molar-refractivity contribution in [2.24, 2.45) is 0 Å². The maximum atomic E-state index is 8.12. The van der Waals surface area contributed by atoms with Crippen molar-refractivity contribution in [2.75, 3.05) is 7.11 Å². The Labute approximate surface area is 226 Å².